The maximum absolute atomic E-state index is 9.60. The molecule has 3 rings (SSSR count). The molecule has 0 spiro atoms. The van der Waals surface area contributed by atoms with E-state index in [1.54, 1.807) is 11.3 Å². The molecule has 0 aliphatic heterocycles. The van der Waals surface area contributed by atoms with Gasteiger partial charge < -0.3 is 24.4 Å². The van der Waals surface area contributed by atoms with E-state index in [1.807, 2.05) is 26.0 Å². The lowest BCUT2D eigenvalue weighted by Crippen LogP contribution is -2.22. The first kappa shape index (κ1) is 23.4. The number of hydrogen-bond donors (Lipinski definition) is 2. The van der Waals surface area contributed by atoms with Crippen LogP contribution in [-0.2, 0) is 19.4 Å². The summed E-state index contributed by atoms with van der Waals surface area (Å²) >= 11 is 1.70. The molecule has 168 valence electrons. The Balaban J connectivity index is 1.88. The first-order chi connectivity index (χ1) is 14.9. The summed E-state index contributed by atoms with van der Waals surface area (Å²) in [7, 11) is 4.13. The van der Waals surface area contributed by atoms with Gasteiger partial charge in [0, 0.05) is 17.0 Å². The van der Waals surface area contributed by atoms with Gasteiger partial charge in [0.25, 0.3) is 5.89 Å². The van der Waals surface area contributed by atoms with E-state index in [2.05, 4.69) is 42.1 Å². The Morgan fingerprint density at radius 1 is 1.16 bits per heavy atom. The van der Waals surface area contributed by atoms with Gasteiger partial charge in [-0.15, -0.1) is 11.3 Å². The van der Waals surface area contributed by atoms with Crippen LogP contribution in [0.5, 0.6) is 5.75 Å². The molecule has 7 nitrogen and oxygen atoms in total. The van der Waals surface area contributed by atoms with Gasteiger partial charge >= 0.3 is 0 Å². The molecule has 0 amide bonds. The quantitative estimate of drug-likeness (QED) is 0.492. The average molecular weight is 446 g/mol. The molecular weight excluding hydrogens is 414 g/mol. The van der Waals surface area contributed by atoms with Gasteiger partial charge in [-0.2, -0.15) is 4.98 Å². The van der Waals surface area contributed by atoms with Crippen molar-refractivity contribution in [3.05, 3.63) is 39.8 Å². The Morgan fingerprint density at radius 2 is 1.90 bits per heavy atom. The second-order valence-corrected chi connectivity index (χ2v) is 8.99. The number of ether oxygens (including phenoxy) is 1. The van der Waals surface area contributed by atoms with Crippen molar-refractivity contribution in [2.24, 2.45) is 0 Å². The van der Waals surface area contributed by atoms with Crippen LogP contribution in [0, 0.1) is 6.92 Å². The van der Waals surface area contributed by atoms with Crippen LogP contribution in [0.25, 0.3) is 22.2 Å². The molecule has 0 unspecified atom stereocenters. The maximum Gasteiger partial charge on any atom is 0.268 e. The van der Waals surface area contributed by atoms with Gasteiger partial charge in [-0.1, -0.05) is 19.0 Å². The number of rotatable bonds is 10. The fraction of sp³-hybridized carbons (Fsp3) is 0.478. The lowest BCUT2D eigenvalue weighted by Gasteiger charge is -2.16. The molecule has 2 N–H and O–H groups in total. The first-order valence-corrected chi connectivity index (χ1v) is 11.3. The van der Waals surface area contributed by atoms with Gasteiger partial charge in [0.1, 0.15) is 18.5 Å². The first-order valence-electron chi connectivity index (χ1n) is 10.5. The van der Waals surface area contributed by atoms with Crippen LogP contribution in [-0.4, -0.2) is 58.7 Å². The molecule has 1 atom stereocenters. The van der Waals surface area contributed by atoms with Crippen LogP contribution in [0.1, 0.15) is 35.4 Å². The van der Waals surface area contributed by atoms with E-state index in [4.69, 9.17) is 14.4 Å². The van der Waals surface area contributed by atoms with Crippen molar-refractivity contribution in [2.45, 2.75) is 46.3 Å². The van der Waals surface area contributed by atoms with Crippen LogP contribution in [0.2, 0.25) is 0 Å². The Hall–Kier alpha value is -2.26. The summed E-state index contributed by atoms with van der Waals surface area (Å²) in [6.07, 6.45) is 0.814. The molecule has 0 radical (unpaired) electrons. The highest BCUT2D eigenvalue weighted by molar-refractivity contribution is 7.15. The summed E-state index contributed by atoms with van der Waals surface area (Å²) < 4.78 is 11.4. The van der Waals surface area contributed by atoms with Crippen LogP contribution in [0.15, 0.2) is 22.7 Å². The number of aryl methyl sites for hydroxylation is 3. The minimum absolute atomic E-state index is 0.0451. The van der Waals surface area contributed by atoms with E-state index >= 15 is 0 Å². The van der Waals surface area contributed by atoms with Crippen LogP contribution in [0.3, 0.4) is 0 Å². The maximum atomic E-state index is 9.60. The minimum Gasteiger partial charge on any atom is -0.490 e. The van der Waals surface area contributed by atoms with Crippen LogP contribution < -0.4 is 4.74 Å². The largest absolute Gasteiger partial charge is 0.490 e. The summed E-state index contributed by atoms with van der Waals surface area (Å²) in [6.45, 7) is 6.75. The predicted octanol–water partition coefficient (Wildman–Crippen LogP) is 3.69. The number of hydrogen-bond acceptors (Lipinski definition) is 8. The number of benzene rings is 1. The second-order valence-electron chi connectivity index (χ2n) is 7.86. The highest BCUT2D eigenvalue weighted by Gasteiger charge is 2.18. The smallest absolute Gasteiger partial charge is 0.268 e. The molecular formula is C23H31N3O4S. The zero-order valence-electron chi connectivity index (χ0n) is 18.8. The van der Waals surface area contributed by atoms with Crippen molar-refractivity contribution < 1.29 is 19.5 Å². The average Bonchev–Trinajstić information content (AvgIpc) is 3.38. The van der Waals surface area contributed by atoms with Crippen molar-refractivity contribution in [1.82, 2.24) is 15.0 Å². The van der Waals surface area contributed by atoms with Gasteiger partial charge in [-0.3, -0.25) is 0 Å². The minimum atomic E-state index is -0.903. The zero-order chi connectivity index (χ0) is 22.5. The third kappa shape index (κ3) is 5.51. The summed E-state index contributed by atoms with van der Waals surface area (Å²) in [5, 5.41) is 22.8. The van der Waals surface area contributed by atoms with E-state index in [0.717, 1.165) is 46.7 Å². The van der Waals surface area contributed by atoms with Gasteiger partial charge in [0.15, 0.2) is 0 Å². The van der Waals surface area contributed by atoms with Crippen molar-refractivity contribution in [3.8, 4) is 27.9 Å². The summed E-state index contributed by atoms with van der Waals surface area (Å²) in [5.41, 5.74) is 4.08. The Kier molecular flexibility index (Phi) is 7.83. The van der Waals surface area contributed by atoms with Gasteiger partial charge in [-0.25, -0.2) is 0 Å². The van der Waals surface area contributed by atoms with Gasteiger partial charge in [0.2, 0.25) is 5.82 Å². The zero-order valence-corrected chi connectivity index (χ0v) is 19.6. The highest BCUT2D eigenvalue weighted by Crippen LogP contribution is 2.34. The number of aromatic nitrogens is 2. The second kappa shape index (κ2) is 10.4. The fourth-order valence-electron chi connectivity index (χ4n) is 3.41. The SMILES string of the molecule is CCc1cc(-c2nc(-c3cc(C)c(OC[C@H](O)CO)c(CC)c3)no2)sc1CN(C)C. The number of nitrogens with zero attached hydrogens (tertiary/aromatic N) is 3. The van der Waals surface area contributed by atoms with Gasteiger partial charge in [-0.05, 0) is 68.8 Å². The summed E-state index contributed by atoms with van der Waals surface area (Å²) in [6, 6.07) is 6.09. The Morgan fingerprint density at radius 3 is 2.55 bits per heavy atom. The monoisotopic (exact) mass is 445 g/mol. The normalized spacial score (nSPS) is 12.5. The molecule has 0 aliphatic carbocycles. The molecule has 2 aromatic heterocycles. The van der Waals surface area contributed by atoms with E-state index in [1.165, 1.54) is 10.4 Å². The number of thiophene rings is 1. The molecule has 1 aromatic carbocycles. The molecule has 0 aliphatic rings. The molecule has 0 saturated heterocycles. The standard InChI is InChI=1S/C23H31N3O4S/c1-6-15-10-19(31-20(15)11-26(4)5)23-24-22(25-30-23)17-8-14(3)21(16(7-2)9-17)29-13-18(28)12-27/h8-10,18,27-28H,6-7,11-13H2,1-5H3/t18-/m1/s1. The van der Waals surface area contributed by atoms with Gasteiger partial charge in [0.05, 0.1) is 11.5 Å². The molecule has 2 heterocycles. The van der Waals surface area contributed by atoms with Crippen molar-refractivity contribution >= 4 is 11.3 Å². The highest BCUT2D eigenvalue weighted by atomic mass is 32.1. The topological polar surface area (TPSA) is 91.8 Å². The van der Waals surface area contributed by atoms with E-state index in [0.29, 0.717) is 11.7 Å². The number of aliphatic hydroxyl groups is 2. The molecule has 8 heteroatoms. The van der Waals surface area contributed by atoms with Crippen molar-refractivity contribution in [3.63, 3.8) is 0 Å². The third-order valence-corrected chi connectivity index (χ3v) is 6.15. The molecule has 0 bridgehead atoms. The molecule has 0 saturated carbocycles. The Bertz CT molecular complexity index is 1010. The van der Waals surface area contributed by atoms with E-state index in [-0.39, 0.29) is 13.2 Å². The number of aliphatic hydroxyl groups excluding tert-OH is 2. The van der Waals surface area contributed by atoms with E-state index in [9.17, 15) is 5.11 Å². The lowest BCUT2D eigenvalue weighted by molar-refractivity contribution is 0.0531. The third-order valence-electron chi connectivity index (χ3n) is 5.00. The van der Waals surface area contributed by atoms with Crippen LogP contribution >= 0.6 is 11.3 Å². The van der Waals surface area contributed by atoms with E-state index < -0.39 is 6.10 Å². The predicted molar refractivity (Wildman–Crippen MR) is 123 cm³/mol. The van der Waals surface area contributed by atoms with Crippen molar-refractivity contribution in [2.75, 3.05) is 27.3 Å². The fourth-order valence-corrected chi connectivity index (χ4v) is 4.70. The summed E-state index contributed by atoms with van der Waals surface area (Å²) in [5.74, 6) is 1.79. The van der Waals surface area contributed by atoms with Crippen LogP contribution in [0.4, 0.5) is 0 Å². The molecule has 3 aromatic rings. The summed E-state index contributed by atoms with van der Waals surface area (Å²) in [4.78, 5) is 9.12. The lowest BCUT2D eigenvalue weighted by atomic mass is 10.0. The Labute approximate surface area is 187 Å². The van der Waals surface area contributed by atoms with Crippen molar-refractivity contribution in [1.29, 1.82) is 0 Å². The molecule has 31 heavy (non-hydrogen) atoms. The molecule has 0 fully saturated rings.